The zero-order valence-corrected chi connectivity index (χ0v) is 10.4. The van der Waals surface area contributed by atoms with E-state index in [1.807, 2.05) is 0 Å². The van der Waals surface area contributed by atoms with E-state index in [0.717, 1.165) is 5.56 Å². The van der Waals surface area contributed by atoms with Gasteiger partial charge < -0.3 is 10.2 Å². The van der Waals surface area contributed by atoms with Crippen LogP contribution >= 0.6 is 0 Å². The molecule has 2 aromatic heterocycles. The summed E-state index contributed by atoms with van der Waals surface area (Å²) in [6.07, 6.45) is 1.11. The number of fused-ring (bicyclic) bond motifs is 1. The third-order valence-electron chi connectivity index (χ3n) is 2.87. The lowest BCUT2D eigenvalue weighted by molar-refractivity contribution is 0.520. The number of rotatable bonds is 3. The zero-order valence-electron chi connectivity index (χ0n) is 10.4. The summed E-state index contributed by atoms with van der Waals surface area (Å²) in [5, 5.41) is 0. The molecule has 6 nitrogen and oxygen atoms in total. The Kier molecular flexibility index (Phi) is 2.94. The number of aromatic nitrogens is 3. The Hall–Kier alpha value is -2.70. The maximum atomic E-state index is 12.8. The molecule has 0 fully saturated rings. The molecule has 0 aliphatic carbocycles. The second kappa shape index (κ2) is 4.76. The molecule has 0 atom stereocenters. The van der Waals surface area contributed by atoms with E-state index in [1.165, 1.54) is 12.1 Å². The topological polar surface area (TPSA) is 97.8 Å². The van der Waals surface area contributed by atoms with Crippen LogP contribution in [0.1, 0.15) is 11.5 Å². The number of hydrogen-bond acceptors (Lipinski definition) is 5. The number of aryl methyl sites for hydroxylation is 2. The maximum Gasteiger partial charge on any atom is 0.282 e. The minimum Gasteiger partial charge on any atom is -0.422 e. The largest absolute Gasteiger partial charge is 0.422 e. The van der Waals surface area contributed by atoms with Crippen LogP contribution in [-0.4, -0.2) is 15.0 Å². The van der Waals surface area contributed by atoms with Crippen LogP contribution in [0.2, 0.25) is 0 Å². The number of oxazole rings is 1. The van der Waals surface area contributed by atoms with Crippen LogP contribution in [0, 0.1) is 5.82 Å². The van der Waals surface area contributed by atoms with Gasteiger partial charge in [-0.3, -0.25) is 9.78 Å². The van der Waals surface area contributed by atoms with Gasteiger partial charge in [-0.25, -0.2) is 9.37 Å². The molecular formula is C13H11FN4O2. The van der Waals surface area contributed by atoms with Crippen LogP contribution in [-0.2, 0) is 12.8 Å². The molecule has 1 aromatic carbocycles. The summed E-state index contributed by atoms with van der Waals surface area (Å²) in [5.74, 6) is 0.110. The van der Waals surface area contributed by atoms with Gasteiger partial charge in [0.15, 0.2) is 11.4 Å². The summed E-state index contributed by atoms with van der Waals surface area (Å²) in [4.78, 5) is 21.9. The Morgan fingerprint density at radius 2 is 1.95 bits per heavy atom. The molecule has 0 aliphatic rings. The van der Waals surface area contributed by atoms with Crippen molar-refractivity contribution in [3.63, 3.8) is 0 Å². The molecule has 0 radical (unpaired) electrons. The fraction of sp³-hybridized carbons (Fsp3) is 0.154. The number of hydrogen-bond donors (Lipinski definition) is 2. The van der Waals surface area contributed by atoms with Crippen molar-refractivity contribution in [2.24, 2.45) is 0 Å². The third kappa shape index (κ3) is 2.37. The van der Waals surface area contributed by atoms with Crippen molar-refractivity contribution < 1.29 is 8.81 Å². The molecule has 102 valence electrons. The number of benzene rings is 1. The smallest absolute Gasteiger partial charge is 0.282 e. The van der Waals surface area contributed by atoms with E-state index in [4.69, 9.17) is 10.2 Å². The fourth-order valence-corrected chi connectivity index (χ4v) is 1.90. The predicted octanol–water partition coefficient (Wildman–Crippen LogP) is 1.42. The second-order valence-electron chi connectivity index (χ2n) is 4.34. The number of H-pyrrole nitrogens is 1. The number of nitrogens with zero attached hydrogens (tertiary/aromatic N) is 2. The van der Waals surface area contributed by atoms with E-state index in [0.29, 0.717) is 18.7 Å². The summed E-state index contributed by atoms with van der Waals surface area (Å²) in [5.41, 5.74) is 6.21. The molecule has 3 aromatic rings. The predicted molar refractivity (Wildman–Crippen MR) is 70.6 cm³/mol. The first-order valence-electron chi connectivity index (χ1n) is 6.01. The van der Waals surface area contributed by atoms with Gasteiger partial charge in [-0.2, -0.15) is 4.98 Å². The van der Waals surface area contributed by atoms with E-state index in [2.05, 4.69) is 15.0 Å². The quantitative estimate of drug-likeness (QED) is 0.752. The highest BCUT2D eigenvalue weighted by Gasteiger charge is 2.11. The van der Waals surface area contributed by atoms with Gasteiger partial charge >= 0.3 is 0 Å². The van der Waals surface area contributed by atoms with Crippen molar-refractivity contribution in [1.82, 2.24) is 15.0 Å². The molecule has 0 amide bonds. The molecule has 0 spiro atoms. The minimum atomic E-state index is -0.427. The summed E-state index contributed by atoms with van der Waals surface area (Å²) >= 11 is 0. The van der Waals surface area contributed by atoms with Crippen molar-refractivity contribution in [1.29, 1.82) is 0 Å². The van der Waals surface area contributed by atoms with Gasteiger partial charge in [0.2, 0.25) is 5.95 Å². The standard InChI is InChI=1S/C13H11FN4O2/c14-8-4-1-7(2-5-8)3-6-9-16-10-11(19)17-13(15)18-12(10)20-9/h1-2,4-5H,3,6H2,(H3,15,17,18,19). The minimum absolute atomic E-state index is 0.0104. The Bertz CT molecular complexity index is 807. The van der Waals surface area contributed by atoms with E-state index in [-0.39, 0.29) is 23.0 Å². The van der Waals surface area contributed by atoms with Crippen molar-refractivity contribution in [2.75, 3.05) is 5.73 Å². The van der Waals surface area contributed by atoms with Crippen molar-refractivity contribution >= 4 is 17.2 Å². The fourth-order valence-electron chi connectivity index (χ4n) is 1.90. The van der Waals surface area contributed by atoms with Crippen LogP contribution < -0.4 is 11.3 Å². The van der Waals surface area contributed by atoms with Gasteiger partial charge in [0.25, 0.3) is 11.3 Å². The first kappa shape index (κ1) is 12.3. The molecule has 0 bridgehead atoms. The Labute approximate surface area is 112 Å². The molecule has 20 heavy (non-hydrogen) atoms. The number of nitrogens with one attached hydrogen (secondary N) is 1. The van der Waals surface area contributed by atoms with Crippen molar-refractivity contribution in [2.45, 2.75) is 12.8 Å². The van der Waals surface area contributed by atoms with E-state index < -0.39 is 5.56 Å². The molecule has 0 saturated carbocycles. The molecule has 2 heterocycles. The molecular weight excluding hydrogens is 263 g/mol. The maximum absolute atomic E-state index is 12.8. The Morgan fingerprint density at radius 1 is 1.20 bits per heavy atom. The lowest BCUT2D eigenvalue weighted by Gasteiger charge is -1.97. The molecule has 0 saturated heterocycles. The van der Waals surface area contributed by atoms with Crippen molar-refractivity contribution in [3.8, 4) is 0 Å². The lowest BCUT2D eigenvalue weighted by Crippen LogP contribution is -2.10. The summed E-state index contributed by atoms with van der Waals surface area (Å²) in [7, 11) is 0. The summed E-state index contributed by atoms with van der Waals surface area (Å²) in [6, 6.07) is 6.19. The highest BCUT2D eigenvalue weighted by atomic mass is 19.1. The van der Waals surface area contributed by atoms with E-state index >= 15 is 0 Å². The highest BCUT2D eigenvalue weighted by Crippen LogP contribution is 2.12. The van der Waals surface area contributed by atoms with Gasteiger partial charge in [-0.15, -0.1) is 0 Å². The molecule has 7 heteroatoms. The average molecular weight is 274 g/mol. The SMILES string of the molecule is Nc1nc2oc(CCc3ccc(F)cc3)nc2c(=O)[nH]1. The third-order valence-corrected chi connectivity index (χ3v) is 2.87. The molecule has 0 unspecified atom stereocenters. The molecule has 3 N–H and O–H groups in total. The van der Waals surface area contributed by atoms with Gasteiger partial charge in [-0.05, 0) is 24.1 Å². The van der Waals surface area contributed by atoms with Gasteiger partial charge in [0.1, 0.15) is 5.82 Å². The van der Waals surface area contributed by atoms with E-state index in [1.54, 1.807) is 12.1 Å². The average Bonchev–Trinajstić information content (AvgIpc) is 2.81. The number of nitrogen functional groups attached to an aromatic ring is 1. The Balaban J connectivity index is 1.83. The Morgan fingerprint density at radius 3 is 2.70 bits per heavy atom. The zero-order chi connectivity index (χ0) is 14.1. The summed E-state index contributed by atoms with van der Waals surface area (Å²) in [6.45, 7) is 0. The first-order chi connectivity index (χ1) is 9.61. The van der Waals surface area contributed by atoms with Crippen LogP contribution in [0.15, 0.2) is 33.5 Å². The number of halogens is 1. The highest BCUT2D eigenvalue weighted by molar-refractivity contribution is 5.67. The number of nitrogens with two attached hydrogens (primary N) is 1. The van der Waals surface area contributed by atoms with Gasteiger partial charge in [0, 0.05) is 6.42 Å². The van der Waals surface area contributed by atoms with Crippen LogP contribution in [0.4, 0.5) is 10.3 Å². The monoisotopic (exact) mass is 274 g/mol. The molecule has 0 aliphatic heterocycles. The van der Waals surface area contributed by atoms with Crippen LogP contribution in [0.5, 0.6) is 0 Å². The summed E-state index contributed by atoms with van der Waals surface area (Å²) < 4.78 is 18.2. The lowest BCUT2D eigenvalue weighted by atomic mass is 10.1. The molecule has 3 rings (SSSR count). The van der Waals surface area contributed by atoms with Crippen LogP contribution in [0.3, 0.4) is 0 Å². The normalized spacial score (nSPS) is 11.1. The van der Waals surface area contributed by atoms with Gasteiger partial charge in [0.05, 0.1) is 0 Å². The van der Waals surface area contributed by atoms with E-state index in [9.17, 15) is 9.18 Å². The second-order valence-corrected chi connectivity index (χ2v) is 4.34. The van der Waals surface area contributed by atoms with Crippen molar-refractivity contribution in [3.05, 3.63) is 51.9 Å². The van der Waals surface area contributed by atoms with Gasteiger partial charge in [-0.1, -0.05) is 12.1 Å². The first-order valence-corrected chi connectivity index (χ1v) is 6.01. The van der Waals surface area contributed by atoms with Crippen LogP contribution in [0.25, 0.3) is 11.2 Å². The number of anilines is 1. The number of aromatic amines is 1.